The molecule has 2 aromatic carbocycles. The minimum Gasteiger partial charge on any atom is -0.463 e. The van der Waals surface area contributed by atoms with Crippen LogP contribution in [0.1, 0.15) is 5.56 Å². The minimum atomic E-state index is -0.825. The Morgan fingerprint density at radius 2 is 1.68 bits per heavy atom. The SMILES string of the molecule is CN(CCOC(=O)COCCN1CCN(Cc2ccccc2-c2ccc(Cl)cc2)CC1)CCO[N+](=O)[O-]. The zero-order chi connectivity index (χ0) is 26.5. The topological polar surface area (TPSA) is 97.6 Å². The molecule has 0 bridgehead atoms. The first-order valence-electron chi connectivity index (χ1n) is 12.4. The van der Waals surface area contributed by atoms with Crippen LogP contribution in [0, 0.1) is 10.1 Å². The van der Waals surface area contributed by atoms with Crippen molar-refractivity contribution in [3.05, 3.63) is 69.2 Å². The van der Waals surface area contributed by atoms with Gasteiger partial charge in [0.1, 0.15) is 19.8 Å². The molecule has 0 spiro atoms. The Morgan fingerprint density at radius 1 is 1.00 bits per heavy atom. The van der Waals surface area contributed by atoms with Crippen molar-refractivity contribution in [1.82, 2.24) is 14.7 Å². The van der Waals surface area contributed by atoms with E-state index < -0.39 is 11.1 Å². The van der Waals surface area contributed by atoms with Gasteiger partial charge in [-0.3, -0.25) is 9.80 Å². The second kappa shape index (κ2) is 15.5. The third-order valence-electron chi connectivity index (χ3n) is 6.21. The van der Waals surface area contributed by atoms with Gasteiger partial charge in [-0.25, -0.2) is 4.79 Å². The molecule has 10 nitrogen and oxygen atoms in total. The van der Waals surface area contributed by atoms with Crippen LogP contribution in [0.15, 0.2) is 48.5 Å². The Kier molecular flexibility index (Phi) is 12.1. The van der Waals surface area contributed by atoms with Crippen LogP contribution in [0.2, 0.25) is 5.02 Å². The van der Waals surface area contributed by atoms with Gasteiger partial charge < -0.3 is 19.2 Å². The van der Waals surface area contributed by atoms with Crippen LogP contribution >= 0.6 is 11.6 Å². The molecule has 1 saturated heterocycles. The van der Waals surface area contributed by atoms with Gasteiger partial charge in [0.25, 0.3) is 5.09 Å². The lowest BCUT2D eigenvalue weighted by molar-refractivity contribution is -0.757. The first kappa shape index (κ1) is 28.8. The number of carbonyl (C=O) groups is 1. The minimum absolute atomic E-state index is 0.0223. The molecular weight excluding hydrogens is 500 g/mol. The van der Waals surface area contributed by atoms with Gasteiger partial charge >= 0.3 is 5.97 Å². The number of likely N-dealkylation sites (N-methyl/N-ethyl adjacent to an activating group) is 1. The quantitative estimate of drug-likeness (QED) is 0.148. The highest BCUT2D eigenvalue weighted by atomic mass is 35.5. The van der Waals surface area contributed by atoms with Gasteiger partial charge in [0.05, 0.1) is 6.61 Å². The second-order valence-corrected chi connectivity index (χ2v) is 9.35. The molecule has 0 atom stereocenters. The third-order valence-corrected chi connectivity index (χ3v) is 6.46. The molecular formula is C26H35ClN4O6. The number of hydrogen-bond acceptors (Lipinski definition) is 9. The number of ether oxygens (including phenoxy) is 2. The fourth-order valence-corrected chi connectivity index (χ4v) is 4.20. The first-order chi connectivity index (χ1) is 17.9. The fraction of sp³-hybridized carbons (Fsp3) is 0.500. The maximum Gasteiger partial charge on any atom is 0.332 e. The number of halogens is 1. The molecule has 202 valence electrons. The Bertz CT molecular complexity index is 985. The number of esters is 1. The van der Waals surface area contributed by atoms with E-state index in [9.17, 15) is 14.9 Å². The summed E-state index contributed by atoms with van der Waals surface area (Å²) in [4.78, 5) is 32.8. The van der Waals surface area contributed by atoms with E-state index in [2.05, 4.69) is 51.0 Å². The Morgan fingerprint density at radius 3 is 2.41 bits per heavy atom. The zero-order valence-electron chi connectivity index (χ0n) is 21.2. The Hall–Kier alpha value is -2.76. The van der Waals surface area contributed by atoms with Gasteiger partial charge in [0, 0.05) is 57.4 Å². The van der Waals surface area contributed by atoms with Crippen LogP contribution in [0.25, 0.3) is 11.1 Å². The van der Waals surface area contributed by atoms with E-state index in [-0.39, 0.29) is 19.8 Å². The van der Waals surface area contributed by atoms with Crippen molar-refractivity contribution in [2.75, 3.05) is 79.3 Å². The van der Waals surface area contributed by atoms with Gasteiger partial charge in [-0.2, -0.15) is 0 Å². The molecule has 37 heavy (non-hydrogen) atoms. The highest BCUT2D eigenvalue weighted by Gasteiger charge is 2.18. The average Bonchev–Trinajstić information content (AvgIpc) is 2.88. The molecule has 0 aromatic heterocycles. The Labute approximate surface area is 222 Å². The standard InChI is InChI=1S/C26H35ClN4O6/c1-28(15-19-37-31(33)34)14-18-36-26(32)21-35-17-16-29-10-12-30(13-11-29)20-23-4-2-3-5-25(23)22-6-8-24(27)9-7-22/h2-9H,10-21H2,1H3. The van der Waals surface area contributed by atoms with E-state index in [0.29, 0.717) is 19.7 Å². The van der Waals surface area contributed by atoms with Crippen molar-refractivity contribution in [1.29, 1.82) is 0 Å². The lowest BCUT2D eigenvalue weighted by Gasteiger charge is -2.35. The van der Waals surface area contributed by atoms with Gasteiger partial charge in [0.15, 0.2) is 0 Å². The molecule has 0 unspecified atom stereocenters. The van der Waals surface area contributed by atoms with Crippen molar-refractivity contribution in [3.8, 4) is 11.1 Å². The van der Waals surface area contributed by atoms with Crippen molar-refractivity contribution >= 4 is 17.6 Å². The fourth-order valence-electron chi connectivity index (χ4n) is 4.07. The van der Waals surface area contributed by atoms with Crippen molar-refractivity contribution in [2.24, 2.45) is 0 Å². The summed E-state index contributed by atoms with van der Waals surface area (Å²) in [5.41, 5.74) is 3.71. The summed E-state index contributed by atoms with van der Waals surface area (Å²) in [6, 6.07) is 16.5. The predicted molar refractivity (Wildman–Crippen MR) is 141 cm³/mol. The molecule has 1 aliphatic rings. The number of benzene rings is 2. The predicted octanol–water partition coefficient (Wildman–Crippen LogP) is 2.82. The van der Waals surface area contributed by atoms with E-state index in [4.69, 9.17) is 21.1 Å². The number of hydrogen-bond donors (Lipinski definition) is 0. The van der Waals surface area contributed by atoms with Gasteiger partial charge in [0.2, 0.25) is 0 Å². The molecule has 11 heteroatoms. The van der Waals surface area contributed by atoms with Gasteiger partial charge in [-0.1, -0.05) is 48.0 Å². The number of rotatable bonds is 15. The van der Waals surface area contributed by atoms with E-state index in [0.717, 1.165) is 44.3 Å². The third kappa shape index (κ3) is 10.6. The lowest BCUT2D eigenvalue weighted by Crippen LogP contribution is -2.46. The van der Waals surface area contributed by atoms with Crippen molar-refractivity contribution in [2.45, 2.75) is 6.54 Å². The largest absolute Gasteiger partial charge is 0.463 e. The van der Waals surface area contributed by atoms with Crippen LogP contribution in [-0.2, 0) is 25.7 Å². The van der Waals surface area contributed by atoms with E-state index in [1.165, 1.54) is 16.7 Å². The Balaban J connectivity index is 1.28. The maximum atomic E-state index is 11.8. The molecule has 0 radical (unpaired) electrons. The number of carbonyl (C=O) groups excluding carboxylic acids is 1. The maximum absolute atomic E-state index is 11.8. The summed E-state index contributed by atoms with van der Waals surface area (Å²) in [5.74, 6) is -0.417. The van der Waals surface area contributed by atoms with Crippen molar-refractivity contribution in [3.63, 3.8) is 0 Å². The van der Waals surface area contributed by atoms with Crippen LogP contribution in [0.5, 0.6) is 0 Å². The van der Waals surface area contributed by atoms with Crippen LogP contribution in [0.4, 0.5) is 0 Å². The van der Waals surface area contributed by atoms with Crippen molar-refractivity contribution < 1.29 is 24.2 Å². The summed E-state index contributed by atoms with van der Waals surface area (Å²) < 4.78 is 10.6. The van der Waals surface area contributed by atoms with Gasteiger partial charge in [-0.15, -0.1) is 10.1 Å². The summed E-state index contributed by atoms with van der Waals surface area (Å²) in [6.45, 7) is 6.88. The molecule has 3 rings (SSSR count). The molecule has 1 aliphatic heterocycles. The zero-order valence-corrected chi connectivity index (χ0v) is 22.0. The number of piperazine rings is 1. The van der Waals surface area contributed by atoms with E-state index >= 15 is 0 Å². The monoisotopic (exact) mass is 534 g/mol. The first-order valence-corrected chi connectivity index (χ1v) is 12.8. The van der Waals surface area contributed by atoms with Crippen LogP contribution in [-0.4, -0.2) is 105 Å². The molecule has 1 heterocycles. The smallest absolute Gasteiger partial charge is 0.332 e. The van der Waals surface area contributed by atoms with Gasteiger partial charge in [-0.05, 0) is 35.9 Å². The second-order valence-electron chi connectivity index (χ2n) is 8.91. The van der Waals surface area contributed by atoms with E-state index in [1.54, 1.807) is 11.9 Å². The summed E-state index contributed by atoms with van der Waals surface area (Å²) in [6.07, 6.45) is 0. The molecule has 1 fully saturated rings. The molecule has 0 N–H and O–H groups in total. The lowest BCUT2D eigenvalue weighted by atomic mass is 9.99. The summed E-state index contributed by atoms with van der Waals surface area (Å²) >= 11 is 6.06. The highest BCUT2D eigenvalue weighted by Crippen LogP contribution is 2.26. The number of nitrogens with zero attached hydrogens (tertiary/aromatic N) is 4. The normalized spacial score (nSPS) is 14.6. The highest BCUT2D eigenvalue weighted by molar-refractivity contribution is 6.30. The summed E-state index contributed by atoms with van der Waals surface area (Å²) in [7, 11) is 1.77. The summed E-state index contributed by atoms with van der Waals surface area (Å²) in [5, 5.41) is 10.0. The average molecular weight is 535 g/mol. The molecule has 0 aliphatic carbocycles. The molecule has 2 aromatic rings. The van der Waals surface area contributed by atoms with E-state index in [1.807, 2.05) is 12.1 Å². The molecule has 0 saturated carbocycles. The van der Waals surface area contributed by atoms with Crippen LogP contribution in [0.3, 0.4) is 0 Å². The molecule has 0 amide bonds. The van der Waals surface area contributed by atoms with Crippen LogP contribution < -0.4 is 0 Å².